The number of benzene rings is 2. The quantitative estimate of drug-likeness (QED) is 0.761. The summed E-state index contributed by atoms with van der Waals surface area (Å²) in [5.41, 5.74) is 3.11. The minimum atomic E-state index is -0.0852. The monoisotopic (exact) mass is 309 g/mol. The Morgan fingerprint density at radius 2 is 1.87 bits per heavy atom. The van der Waals surface area contributed by atoms with Crippen molar-refractivity contribution in [3.8, 4) is 17.6 Å². The zero-order valence-electron chi connectivity index (χ0n) is 13.6. The van der Waals surface area contributed by atoms with Gasteiger partial charge in [0.05, 0.1) is 18.2 Å². The summed E-state index contributed by atoms with van der Waals surface area (Å²) in [4.78, 5) is 12.4. The Morgan fingerprint density at radius 1 is 1.09 bits per heavy atom. The molecule has 0 saturated heterocycles. The molecular weight excluding hydrogens is 290 g/mol. The molecule has 2 aromatic carbocycles. The molecule has 0 fully saturated rings. The number of nitrogens with zero attached hydrogens (tertiary/aromatic N) is 1. The fraction of sp³-hybridized carbons (Fsp3) is 0.263. The zero-order chi connectivity index (χ0) is 16.8. The van der Waals surface area contributed by atoms with Gasteiger partial charge in [-0.3, -0.25) is 4.79 Å². The highest BCUT2D eigenvalue weighted by Gasteiger charge is 2.13. The number of hydrogen-bond acceptors (Lipinski definition) is 4. The van der Waals surface area contributed by atoms with Crippen molar-refractivity contribution in [1.29, 1.82) is 5.26 Å². The Bertz CT molecular complexity index is 760. The Labute approximate surface area is 136 Å². The standard InChI is InChI=1S/C19H19NO3/c1-4-22-19-10-15(11-20)7-8-18(19)23-12-17(21)16-9-13(2)5-6-14(16)3/h5-10H,4,12H2,1-3H3. The predicted octanol–water partition coefficient (Wildman–Crippen LogP) is 3.84. The predicted molar refractivity (Wildman–Crippen MR) is 88.1 cm³/mol. The number of carbonyl (C=O) groups is 1. The Kier molecular flexibility index (Phi) is 5.37. The summed E-state index contributed by atoms with van der Waals surface area (Å²) in [6, 6.07) is 12.7. The van der Waals surface area contributed by atoms with Crippen LogP contribution >= 0.6 is 0 Å². The SMILES string of the molecule is CCOc1cc(C#N)ccc1OCC(=O)c1cc(C)ccc1C. The number of rotatable bonds is 6. The topological polar surface area (TPSA) is 59.3 Å². The molecule has 0 saturated carbocycles. The maximum atomic E-state index is 12.4. The highest BCUT2D eigenvalue weighted by molar-refractivity contribution is 5.98. The fourth-order valence-electron chi connectivity index (χ4n) is 2.22. The molecule has 0 amide bonds. The smallest absolute Gasteiger partial charge is 0.200 e. The Morgan fingerprint density at radius 3 is 2.57 bits per heavy atom. The molecule has 2 aromatic rings. The van der Waals surface area contributed by atoms with Crippen LogP contribution in [0.3, 0.4) is 0 Å². The third-order valence-corrected chi connectivity index (χ3v) is 3.42. The van der Waals surface area contributed by atoms with E-state index >= 15 is 0 Å². The molecule has 0 atom stereocenters. The molecule has 0 unspecified atom stereocenters. The van der Waals surface area contributed by atoms with Crippen molar-refractivity contribution in [1.82, 2.24) is 0 Å². The van der Waals surface area contributed by atoms with Crippen LogP contribution in [0.1, 0.15) is 34.0 Å². The van der Waals surface area contributed by atoms with Gasteiger partial charge in [0.25, 0.3) is 0 Å². The van der Waals surface area contributed by atoms with Crippen molar-refractivity contribution >= 4 is 5.78 Å². The van der Waals surface area contributed by atoms with Gasteiger partial charge in [-0.15, -0.1) is 0 Å². The van der Waals surface area contributed by atoms with Gasteiger partial charge in [-0.1, -0.05) is 17.7 Å². The first kappa shape index (κ1) is 16.6. The van der Waals surface area contributed by atoms with Crippen LogP contribution in [0.4, 0.5) is 0 Å². The van der Waals surface area contributed by atoms with Crippen LogP contribution in [0, 0.1) is 25.2 Å². The molecular formula is C19H19NO3. The van der Waals surface area contributed by atoms with E-state index in [1.54, 1.807) is 18.2 Å². The summed E-state index contributed by atoms with van der Waals surface area (Å²) in [6.45, 7) is 6.08. The number of ether oxygens (including phenoxy) is 2. The molecule has 0 aliphatic carbocycles. The number of Topliss-reactive ketones (excluding diaryl/α,β-unsaturated/α-hetero) is 1. The van der Waals surface area contributed by atoms with Gasteiger partial charge in [0.2, 0.25) is 0 Å². The molecule has 4 heteroatoms. The molecule has 0 heterocycles. The maximum Gasteiger partial charge on any atom is 0.200 e. The zero-order valence-corrected chi connectivity index (χ0v) is 13.6. The van der Waals surface area contributed by atoms with E-state index in [2.05, 4.69) is 6.07 Å². The molecule has 2 rings (SSSR count). The van der Waals surface area contributed by atoms with E-state index < -0.39 is 0 Å². The van der Waals surface area contributed by atoms with Gasteiger partial charge in [-0.2, -0.15) is 5.26 Å². The number of carbonyl (C=O) groups excluding carboxylic acids is 1. The average Bonchev–Trinajstić information content (AvgIpc) is 2.55. The first-order valence-electron chi connectivity index (χ1n) is 7.45. The third kappa shape index (κ3) is 4.10. The van der Waals surface area contributed by atoms with Gasteiger partial charge < -0.3 is 9.47 Å². The first-order chi connectivity index (χ1) is 11.0. The molecule has 0 aliphatic heterocycles. The molecule has 118 valence electrons. The summed E-state index contributed by atoms with van der Waals surface area (Å²) >= 11 is 0. The lowest BCUT2D eigenvalue weighted by atomic mass is 10.0. The lowest BCUT2D eigenvalue weighted by Gasteiger charge is -2.12. The second kappa shape index (κ2) is 7.46. The van der Waals surface area contributed by atoms with Crippen molar-refractivity contribution in [2.75, 3.05) is 13.2 Å². The highest BCUT2D eigenvalue weighted by atomic mass is 16.5. The molecule has 23 heavy (non-hydrogen) atoms. The van der Waals surface area contributed by atoms with Crippen molar-refractivity contribution in [2.45, 2.75) is 20.8 Å². The van der Waals surface area contributed by atoms with Crippen LogP contribution in [-0.2, 0) is 0 Å². The van der Waals surface area contributed by atoms with Crippen LogP contribution in [0.15, 0.2) is 36.4 Å². The summed E-state index contributed by atoms with van der Waals surface area (Å²) in [6.07, 6.45) is 0. The van der Waals surface area contributed by atoms with E-state index in [1.165, 1.54) is 0 Å². The van der Waals surface area contributed by atoms with Crippen molar-refractivity contribution in [2.24, 2.45) is 0 Å². The largest absolute Gasteiger partial charge is 0.490 e. The molecule has 0 bridgehead atoms. The minimum Gasteiger partial charge on any atom is -0.490 e. The molecule has 0 aliphatic rings. The maximum absolute atomic E-state index is 12.4. The molecule has 4 nitrogen and oxygen atoms in total. The van der Waals surface area contributed by atoms with Crippen LogP contribution in [0.2, 0.25) is 0 Å². The summed E-state index contributed by atoms with van der Waals surface area (Å²) in [5, 5.41) is 8.94. The molecule has 0 radical (unpaired) electrons. The van der Waals surface area contributed by atoms with Gasteiger partial charge >= 0.3 is 0 Å². The third-order valence-electron chi connectivity index (χ3n) is 3.42. The molecule has 0 aromatic heterocycles. The van der Waals surface area contributed by atoms with Gasteiger partial charge in [0.1, 0.15) is 0 Å². The van der Waals surface area contributed by atoms with E-state index in [1.807, 2.05) is 39.0 Å². The second-order valence-corrected chi connectivity index (χ2v) is 5.24. The van der Waals surface area contributed by atoms with Gasteiger partial charge in [-0.25, -0.2) is 0 Å². The van der Waals surface area contributed by atoms with Crippen LogP contribution < -0.4 is 9.47 Å². The van der Waals surface area contributed by atoms with Crippen LogP contribution in [0.5, 0.6) is 11.5 Å². The molecule has 0 N–H and O–H groups in total. The molecule has 0 spiro atoms. The summed E-state index contributed by atoms with van der Waals surface area (Å²) in [5.74, 6) is 0.850. The van der Waals surface area contributed by atoms with Crippen molar-refractivity contribution in [3.05, 3.63) is 58.7 Å². The van der Waals surface area contributed by atoms with Crippen molar-refractivity contribution in [3.63, 3.8) is 0 Å². The van der Waals surface area contributed by atoms with Crippen molar-refractivity contribution < 1.29 is 14.3 Å². The van der Waals surface area contributed by atoms with Crippen LogP contribution in [0.25, 0.3) is 0 Å². The minimum absolute atomic E-state index is 0.0731. The van der Waals surface area contributed by atoms with Gasteiger partial charge in [0, 0.05) is 11.6 Å². The fourth-order valence-corrected chi connectivity index (χ4v) is 2.22. The summed E-state index contributed by atoms with van der Waals surface area (Å²) in [7, 11) is 0. The second-order valence-electron chi connectivity index (χ2n) is 5.24. The lowest BCUT2D eigenvalue weighted by molar-refractivity contribution is 0.0918. The van der Waals surface area contributed by atoms with E-state index in [-0.39, 0.29) is 12.4 Å². The normalized spacial score (nSPS) is 10.0. The number of hydrogen-bond donors (Lipinski definition) is 0. The highest BCUT2D eigenvalue weighted by Crippen LogP contribution is 2.28. The van der Waals surface area contributed by atoms with Gasteiger partial charge in [0.15, 0.2) is 23.9 Å². The van der Waals surface area contributed by atoms with Gasteiger partial charge in [-0.05, 0) is 44.5 Å². The first-order valence-corrected chi connectivity index (χ1v) is 7.45. The number of aryl methyl sites for hydroxylation is 2. The van der Waals surface area contributed by atoms with E-state index in [4.69, 9.17) is 14.7 Å². The Hall–Kier alpha value is -2.80. The summed E-state index contributed by atoms with van der Waals surface area (Å²) < 4.78 is 11.1. The number of ketones is 1. The average molecular weight is 309 g/mol. The number of nitriles is 1. The van der Waals surface area contributed by atoms with Crippen LogP contribution in [-0.4, -0.2) is 19.0 Å². The van der Waals surface area contributed by atoms with E-state index in [0.29, 0.717) is 29.2 Å². The lowest BCUT2D eigenvalue weighted by Crippen LogP contribution is -2.13. The van der Waals surface area contributed by atoms with E-state index in [0.717, 1.165) is 11.1 Å². The van der Waals surface area contributed by atoms with E-state index in [9.17, 15) is 4.79 Å². The Balaban J connectivity index is 2.15.